The van der Waals surface area contributed by atoms with Crippen molar-refractivity contribution in [3.05, 3.63) is 53.3 Å². The van der Waals surface area contributed by atoms with Crippen molar-refractivity contribution in [3.8, 4) is 23.0 Å². The number of rotatable bonds is 5. The lowest BCUT2D eigenvalue weighted by Gasteiger charge is -2.08. The van der Waals surface area contributed by atoms with Crippen LogP contribution in [-0.2, 0) is 10.1 Å². The number of benzene rings is 2. The number of carbonyl (C=O) groups excluding carboxylic acids is 1. The van der Waals surface area contributed by atoms with E-state index in [9.17, 15) is 13.2 Å². The third kappa shape index (κ3) is 3.65. The largest absolute Gasteiger partial charge is 0.497 e. The Morgan fingerprint density at radius 3 is 2.38 bits per heavy atom. The summed E-state index contributed by atoms with van der Waals surface area (Å²) >= 11 is 0. The van der Waals surface area contributed by atoms with E-state index in [1.165, 1.54) is 32.4 Å². The van der Waals surface area contributed by atoms with Crippen LogP contribution >= 0.6 is 0 Å². The monoisotopic (exact) mass is 376 g/mol. The van der Waals surface area contributed by atoms with Gasteiger partial charge in [-0.3, -0.25) is 4.79 Å². The third-order valence-corrected chi connectivity index (χ3v) is 4.11. The molecular formula is C18H16O7S. The van der Waals surface area contributed by atoms with E-state index in [0.717, 1.165) is 6.26 Å². The van der Waals surface area contributed by atoms with Gasteiger partial charge in [0.25, 0.3) is 0 Å². The Morgan fingerprint density at radius 2 is 1.73 bits per heavy atom. The predicted molar refractivity (Wildman–Crippen MR) is 94.4 cm³/mol. The summed E-state index contributed by atoms with van der Waals surface area (Å²) in [5, 5.41) is 0. The molecule has 2 aromatic rings. The molecule has 0 unspecified atom stereocenters. The van der Waals surface area contributed by atoms with E-state index in [0.29, 0.717) is 22.6 Å². The zero-order valence-corrected chi connectivity index (χ0v) is 15.1. The van der Waals surface area contributed by atoms with E-state index in [1.807, 2.05) is 0 Å². The van der Waals surface area contributed by atoms with Crippen molar-refractivity contribution in [1.82, 2.24) is 0 Å². The highest BCUT2D eigenvalue weighted by molar-refractivity contribution is 7.86. The van der Waals surface area contributed by atoms with Crippen LogP contribution < -0.4 is 18.4 Å². The lowest BCUT2D eigenvalue weighted by molar-refractivity contribution is 0.101. The van der Waals surface area contributed by atoms with Gasteiger partial charge in [-0.15, -0.1) is 0 Å². The van der Waals surface area contributed by atoms with Gasteiger partial charge < -0.3 is 18.4 Å². The molecule has 0 aliphatic carbocycles. The van der Waals surface area contributed by atoms with Crippen LogP contribution in [0, 0.1) is 0 Å². The van der Waals surface area contributed by atoms with E-state index in [2.05, 4.69) is 0 Å². The number of carbonyl (C=O) groups is 1. The molecule has 0 saturated carbocycles. The Kier molecular flexibility index (Phi) is 4.60. The topological polar surface area (TPSA) is 88.1 Å². The Balaban J connectivity index is 1.96. The number of hydrogen-bond acceptors (Lipinski definition) is 7. The summed E-state index contributed by atoms with van der Waals surface area (Å²) < 4.78 is 43.3. The first-order chi connectivity index (χ1) is 12.3. The Hall–Kier alpha value is -3.00. The van der Waals surface area contributed by atoms with Crippen molar-refractivity contribution in [2.24, 2.45) is 0 Å². The minimum Gasteiger partial charge on any atom is -0.497 e. The van der Waals surface area contributed by atoms with Crippen molar-refractivity contribution in [2.75, 3.05) is 20.5 Å². The fourth-order valence-corrected chi connectivity index (χ4v) is 2.94. The number of methoxy groups -OCH3 is 2. The Labute approximate surface area is 150 Å². The quantitative estimate of drug-likeness (QED) is 0.585. The number of ether oxygens (including phenoxy) is 3. The molecule has 1 heterocycles. The van der Waals surface area contributed by atoms with Crippen LogP contribution in [0.5, 0.6) is 23.0 Å². The maximum atomic E-state index is 12.5. The summed E-state index contributed by atoms with van der Waals surface area (Å²) in [5.74, 6) is 1.21. The highest BCUT2D eigenvalue weighted by atomic mass is 32.2. The number of Topliss-reactive ketones (excluding diaryl/α,β-unsaturated/α-hetero) is 1. The highest BCUT2D eigenvalue weighted by Gasteiger charge is 2.28. The molecule has 1 aliphatic heterocycles. The SMILES string of the molecule is COc1ccc(OC)c(/C=C2/Oc3cc(OS(C)(=O)=O)ccc3C2=O)c1. The van der Waals surface area contributed by atoms with Gasteiger partial charge in [0, 0.05) is 11.6 Å². The van der Waals surface area contributed by atoms with Crippen LogP contribution in [0.2, 0.25) is 0 Å². The van der Waals surface area contributed by atoms with Gasteiger partial charge >= 0.3 is 10.1 Å². The molecule has 0 N–H and O–H groups in total. The van der Waals surface area contributed by atoms with Gasteiger partial charge in [-0.05, 0) is 36.4 Å². The van der Waals surface area contributed by atoms with E-state index >= 15 is 0 Å². The third-order valence-electron chi connectivity index (χ3n) is 3.61. The summed E-state index contributed by atoms with van der Waals surface area (Å²) in [6, 6.07) is 9.39. The first-order valence-electron chi connectivity index (χ1n) is 7.50. The van der Waals surface area contributed by atoms with Crippen LogP contribution in [0.4, 0.5) is 0 Å². The predicted octanol–water partition coefficient (Wildman–Crippen LogP) is 2.66. The van der Waals surface area contributed by atoms with Crippen LogP contribution in [-0.4, -0.2) is 34.7 Å². The van der Waals surface area contributed by atoms with E-state index < -0.39 is 10.1 Å². The standard InChI is InChI=1S/C18H16O7S/c1-22-12-5-7-15(23-2)11(8-12)9-17-18(19)14-6-4-13(10-16(14)24-17)25-26(3,20)21/h4-10H,1-3H3/b17-9+. The second kappa shape index (κ2) is 6.72. The molecule has 7 nitrogen and oxygen atoms in total. The lowest BCUT2D eigenvalue weighted by atomic mass is 10.1. The normalized spacial score (nSPS) is 14.7. The molecule has 26 heavy (non-hydrogen) atoms. The van der Waals surface area contributed by atoms with Gasteiger partial charge in [0.15, 0.2) is 5.76 Å². The second-order valence-corrected chi connectivity index (χ2v) is 7.07. The van der Waals surface area contributed by atoms with E-state index in [-0.39, 0.29) is 23.0 Å². The van der Waals surface area contributed by atoms with Gasteiger partial charge in [0.2, 0.25) is 5.78 Å². The minimum absolute atomic E-state index is 0.0688. The molecule has 0 bridgehead atoms. The van der Waals surface area contributed by atoms with Gasteiger partial charge in [-0.2, -0.15) is 8.42 Å². The Bertz CT molecular complexity index is 1010. The van der Waals surface area contributed by atoms with Crippen LogP contribution in [0.25, 0.3) is 6.08 Å². The van der Waals surface area contributed by atoms with Gasteiger partial charge in [0.1, 0.15) is 23.0 Å². The van der Waals surface area contributed by atoms with Crippen LogP contribution in [0.1, 0.15) is 15.9 Å². The zero-order valence-electron chi connectivity index (χ0n) is 14.3. The lowest BCUT2D eigenvalue weighted by Crippen LogP contribution is -2.05. The maximum Gasteiger partial charge on any atom is 0.306 e. The molecule has 0 aromatic heterocycles. The fourth-order valence-electron chi connectivity index (χ4n) is 2.49. The summed E-state index contributed by atoms with van der Waals surface area (Å²) in [6.07, 6.45) is 2.48. The number of hydrogen-bond donors (Lipinski definition) is 0. The first kappa shape index (κ1) is 17.8. The average Bonchev–Trinajstić information content (AvgIpc) is 2.88. The molecule has 0 fully saturated rings. The van der Waals surface area contributed by atoms with Crippen LogP contribution in [0.15, 0.2) is 42.2 Å². The van der Waals surface area contributed by atoms with E-state index in [4.69, 9.17) is 18.4 Å². The summed E-state index contributed by atoms with van der Waals surface area (Å²) in [7, 11) is -0.617. The number of fused-ring (bicyclic) bond motifs is 1. The second-order valence-electron chi connectivity index (χ2n) is 5.49. The fraction of sp³-hybridized carbons (Fsp3) is 0.167. The highest BCUT2D eigenvalue weighted by Crippen LogP contribution is 2.36. The van der Waals surface area contributed by atoms with Crippen molar-refractivity contribution in [3.63, 3.8) is 0 Å². The Morgan fingerprint density at radius 1 is 1.00 bits per heavy atom. The van der Waals surface area contributed by atoms with E-state index in [1.54, 1.807) is 24.3 Å². The van der Waals surface area contributed by atoms with Crippen molar-refractivity contribution in [2.45, 2.75) is 0 Å². The molecule has 136 valence electrons. The molecule has 0 saturated heterocycles. The van der Waals surface area contributed by atoms with Crippen molar-refractivity contribution in [1.29, 1.82) is 0 Å². The molecule has 1 aliphatic rings. The maximum absolute atomic E-state index is 12.5. The van der Waals surface area contributed by atoms with Crippen molar-refractivity contribution < 1.29 is 31.6 Å². The molecule has 2 aromatic carbocycles. The van der Waals surface area contributed by atoms with Gasteiger partial charge in [-0.25, -0.2) is 0 Å². The average molecular weight is 376 g/mol. The molecule has 0 radical (unpaired) electrons. The summed E-state index contributed by atoms with van der Waals surface area (Å²) in [6.45, 7) is 0. The molecule has 3 rings (SSSR count). The number of allylic oxidation sites excluding steroid dienone is 1. The summed E-state index contributed by atoms with van der Waals surface area (Å²) in [4.78, 5) is 12.5. The molecule has 0 amide bonds. The first-order valence-corrected chi connectivity index (χ1v) is 9.32. The molecule has 0 spiro atoms. The molecule has 0 atom stereocenters. The number of ketones is 1. The smallest absolute Gasteiger partial charge is 0.306 e. The van der Waals surface area contributed by atoms with Crippen LogP contribution in [0.3, 0.4) is 0 Å². The zero-order chi connectivity index (χ0) is 18.9. The van der Waals surface area contributed by atoms with Gasteiger partial charge in [-0.1, -0.05) is 0 Å². The van der Waals surface area contributed by atoms with Crippen molar-refractivity contribution >= 4 is 22.0 Å². The summed E-state index contributed by atoms with van der Waals surface area (Å²) in [5.41, 5.74) is 0.926. The van der Waals surface area contributed by atoms with Gasteiger partial charge in [0.05, 0.1) is 26.0 Å². The minimum atomic E-state index is -3.67. The molecule has 8 heteroatoms. The molecular weight excluding hydrogens is 360 g/mol.